The molecule has 0 radical (unpaired) electrons. The van der Waals surface area contributed by atoms with Gasteiger partial charge in [0.1, 0.15) is 0 Å². The molecule has 0 saturated carbocycles. The summed E-state index contributed by atoms with van der Waals surface area (Å²) in [4.78, 5) is 50.6. The molecular formula is C20H12N4O4. The van der Waals surface area contributed by atoms with E-state index in [-0.39, 0.29) is 0 Å². The number of hydrogen-bond donors (Lipinski definition) is 2. The zero-order valence-electron chi connectivity index (χ0n) is 14.3. The molecule has 0 fully saturated rings. The normalized spacial score (nSPS) is 13.4. The molecule has 0 spiro atoms. The molecule has 28 heavy (non-hydrogen) atoms. The Morgan fingerprint density at radius 2 is 1.11 bits per heavy atom. The number of anilines is 1. The van der Waals surface area contributed by atoms with Gasteiger partial charge in [-0.3, -0.25) is 9.59 Å². The zero-order valence-corrected chi connectivity index (χ0v) is 14.3. The lowest BCUT2D eigenvalue weighted by molar-refractivity contribution is 0.0893. The molecular weight excluding hydrogens is 360 g/mol. The summed E-state index contributed by atoms with van der Waals surface area (Å²) in [7, 11) is 0. The van der Waals surface area contributed by atoms with Crippen molar-refractivity contribution in [3.8, 4) is 5.69 Å². The number of carbonyl (C=O) groups excluding carboxylic acids is 2. The van der Waals surface area contributed by atoms with E-state index in [2.05, 4.69) is 10.2 Å². The predicted octanol–water partition coefficient (Wildman–Crippen LogP) is 1.81. The van der Waals surface area contributed by atoms with Crippen molar-refractivity contribution in [3.63, 3.8) is 0 Å². The number of H-pyrrole nitrogens is 2. The van der Waals surface area contributed by atoms with Crippen LogP contribution in [-0.2, 0) is 0 Å². The van der Waals surface area contributed by atoms with E-state index in [0.29, 0.717) is 27.9 Å². The molecule has 0 unspecified atom stereocenters. The van der Waals surface area contributed by atoms with Crippen LogP contribution in [0.5, 0.6) is 0 Å². The van der Waals surface area contributed by atoms with Gasteiger partial charge in [0.15, 0.2) is 0 Å². The molecule has 1 aliphatic rings. The number of hydrogen-bond acceptors (Lipinski definition) is 4. The summed E-state index contributed by atoms with van der Waals surface area (Å²) in [6, 6.07) is 16.7. The van der Waals surface area contributed by atoms with E-state index < -0.39 is 23.2 Å². The fraction of sp³-hybridized carbons (Fsp3) is 0. The molecule has 2 heterocycles. The van der Waals surface area contributed by atoms with Crippen molar-refractivity contribution < 1.29 is 9.59 Å². The maximum Gasteiger partial charge on any atom is 0.348 e. The summed E-state index contributed by atoms with van der Waals surface area (Å²) in [5.74, 6) is -0.836. The van der Waals surface area contributed by atoms with Gasteiger partial charge in [0, 0.05) is 16.5 Å². The summed E-state index contributed by atoms with van der Waals surface area (Å²) >= 11 is 0. The topological polar surface area (TPSA) is 108 Å². The molecule has 3 aromatic carbocycles. The fourth-order valence-corrected chi connectivity index (χ4v) is 3.56. The lowest BCUT2D eigenvalue weighted by Crippen LogP contribution is -2.40. The smallest absolute Gasteiger partial charge is 0.268 e. The first-order valence-corrected chi connectivity index (χ1v) is 8.47. The first-order chi connectivity index (χ1) is 13.6. The molecule has 8 nitrogen and oxygen atoms in total. The van der Waals surface area contributed by atoms with Crippen molar-refractivity contribution in [2.24, 2.45) is 0 Å². The molecule has 0 bridgehead atoms. The molecule has 136 valence electrons. The van der Waals surface area contributed by atoms with Gasteiger partial charge in [0.05, 0.1) is 11.4 Å². The van der Waals surface area contributed by atoms with Crippen LogP contribution >= 0.6 is 0 Å². The molecule has 8 heteroatoms. The predicted molar refractivity (Wildman–Crippen MR) is 102 cm³/mol. The van der Waals surface area contributed by atoms with Crippen molar-refractivity contribution in [1.29, 1.82) is 0 Å². The number of aromatic nitrogens is 3. The first-order valence-electron chi connectivity index (χ1n) is 8.47. The van der Waals surface area contributed by atoms with Gasteiger partial charge in [-0.15, -0.1) is 0 Å². The number of aromatic amines is 2. The lowest BCUT2D eigenvalue weighted by atomic mass is 9.94. The Kier molecular flexibility index (Phi) is 3.23. The van der Waals surface area contributed by atoms with Gasteiger partial charge in [-0.25, -0.2) is 29.3 Å². The molecule has 2 N–H and O–H groups in total. The van der Waals surface area contributed by atoms with Crippen LogP contribution in [0.3, 0.4) is 0 Å². The summed E-state index contributed by atoms with van der Waals surface area (Å²) in [6.07, 6.45) is 0. The highest BCUT2D eigenvalue weighted by molar-refractivity contribution is 6.35. The van der Waals surface area contributed by atoms with Crippen molar-refractivity contribution in [2.75, 3.05) is 4.90 Å². The van der Waals surface area contributed by atoms with E-state index in [9.17, 15) is 19.2 Å². The second kappa shape index (κ2) is 5.65. The monoisotopic (exact) mass is 372 g/mol. The Hall–Kier alpha value is -4.20. The average molecular weight is 372 g/mol. The van der Waals surface area contributed by atoms with Crippen LogP contribution in [0.4, 0.5) is 5.69 Å². The van der Waals surface area contributed by atoms with Gasteiger partial charge in [0.2, 0.25) is 0 Å². The van der Waals surface area contributed by atoms with E-state index >= 15 is 0 Å². The lowest BCUT2D eigenvalue weighted by Gasteiger charge is -2.27. The average Bonchev–Trinajstić information content (AvgIpc) is 3.05. The highest BCUT2D eigenvalue weighted by Gasteiger charge is 2.33. The van der Waals surface area contributed by atoms with Crippen LogP contribution in [0.15, 0.2) is 70.3 Å². The highest BCUT2D eigenvalue weighted by atomic mass is 16.2. The second-order valence-electron chi connectivity index (χ2n) is 6.37. The van der Waals surface area contributed by atoms with Gasteiger partial charge < -0.3 is 0 Å². The Labute approximate surface area is 156 Å². The number of carbonyl (C=O) groups is 2. The standard InChI is InChI=1S/C20H12N4O4/c25-17-14-5-1-3-11-4-2-6-15(16(11)14)18(26)23(17)12-7-9-13(10-8-12)24-19(27)21-22-20(24)28/h1-10H,(H,21,27)(H,22,28). The van der Waals surface area contributed by atoms with E-state index in [1.807, 2.05) is 12.1 Å². The minimum absolute atomic E-state index is 0.315. The van der Waals surface area contributed by atoms with Crippen LogP contribution in [0.2, 0.25) is 0 Å². The Bertz CT molecular complexity index is 1310. The molecule has 4 aromatic rings. The largest absolute Gasteiger partial charge is 0.348 e. The van der Waals surface area contributed by atoms with Crippen LogP contribution < -0.4 is 16.3 Å². The highest BCUT2D eigenvalue weighted by Crippen LogP contribution is 2.32. The van der Waals surface area contributed by atoms with Gasteiger partial charge in [-0.1, -0.05) is 24.3 Å². The minimum atomic E-state index is -0.608. The van der Waals surface area contributed by atoms with Crippen molar-refractivity contribution in [1.82, 2.24) is 14.8 Å². The molecule has 0 atom stereocenters. The molecule has 5 rings (SSSR count). The molecule has 1 aromatic heterocycles. The number of imide groups is 1. The number of amides is 2. The molecule has 0 saturated heterocycles. The SMILES string of the molecule is O=C1c2cccc3cccc(c23)C(=O)N1c1ccc(-n2c(=O)[nH][nH]c2=O)cc1. The zero-order chi connectivity index (χ0) is 19.4. The Morgan fingerprint density at radius 1 is 0.607 bits per heavy atom. The number of benzene rings is 3. The molecule has 2 amide bonds. The van der Waals surface area contributed by atoms with E-state index in [1.165, 1.54) is 24.3 Å². The van der Waals surface area contributed by atoms with Gasteiger partial charge >= 0.3 is 11.4 Å². The number of nitrogens with one attached hydrogen (secondary N) is 2. The van der Waals surface area contributed by atoms with E-state index in [4.69, 9.17) is 0 Å². The third-order valence-electron chi connectivity index (χ3n) is 4.82. The third kappa shape index (κ3) is 2.11. The Balaban J connectivity index is 1.63. The van der Waals surface area contributed by atoms with Crippen LogP contribution in [0.25, 0.3) is 16.5 Å². The van der Waals surface area contributed by atoms with Crippen molar-refractivity contribution in [2.45, 2.75) is 0 Å². The summed E-state index contributed by atoms with van der Waals surface area (Å²) < 4.78 is 0.916. The minimum Gasteiger partial charge on any atom is -0.268 e. The number of nitrogens with zero attached hydrogens (tertiary/aromatic N) is 2. The van der Waals surface area contributed by atoms with Gasteiger partial charge in [-0.05, 0) is 41.8 Å². The van der Waals surface area contributed by atoms with E-state index in [0.717, 1.165) is 14.9 Å². The fourth-order valence-electron chi connectivity index (χ4n) is 3.56. The summed E-state index contributed by atoms with van der Waals surface area (Å²) in [6.45, 7) is 0. The third-order valence-corrected chi connectivity index (χ3v) is 4.82. The van der Waals surface area contributed by atoms with E-state index in [1.54, 1.807) is 24.3 Å². The first kappa shape index (κ1) is 16.0. The van der Waals surface area contributed by atoms with Crippen LogP contribution in [0, 0.1) is 0 Å². The Morgan fingerprint density at radius 3 is 1.64 bits per heavy atom. The maximum absolute atomic E-state index is 13.0. The summed E-state index contributed by atoms with van der Waals surface area (Å²) in [5, 5.41) is 5.88. The maximum atomic E-state index is 13.0. The van der Waals surface area contributed by atoms with Gasteiger partial charge in [-0.2, -0.15) is 0 Å². The van der Waals surface area contributed by atoms with Gasteiger partial charge in [0.25, 0.3) is 11.8 Å². The molecule has 0 aliphatic carbocycles. The second-order valence-corrected chi connectivity index (χ2v) is 6.37. The van der Waals surface area contributed by atoms with Crippen molar-refractivity contribution in [3.05, 3.63) is 92.8 Å². The van der Waals surface area contributed by atoms with Crippen LogP contribution in [0.1, 0.15) is 20.7 Å². The summed E-state index contributed by atoms with van der Waals surface area (Å²) in [5.41, 5.74) is 0.359. The number of rotatable bonds is 2. The van der Waals surface area contributed by atoms with Crippen LogP contribution in [-0.4, -0.2) is 26.6 Å². The quantitative estimate of drug-likeness (QED) is 0.523. The molecule has 1 aliphatic heterocycles. The van der Waals surface area contributed by atoms with Crippen molar-refractivity contribution >= 4 is 28.3 Å².